The number of Topliss-reactive ketones (excluding diaryl/α,β-unsaturated/α-hetero) is 1. The van der Waals surface area contributed by atoms with Gasteiger partial charge in [-0.2, -0.15) is 0 Å². The van der Waals surface area contributed by atoms with E-state index in [1.165, 1.54) is 0 Å². The minimum atomic E-state index is -0.00758. The molecule has 1 saturated heterocycles. The molecule has 0 N–H and O–H groups in total. The summed E-state index contributed by atoms with van der Waals surface area (Å²) in [6.07, 6.45) is 3.89. The van der Waals surface area contributed by atoms with Crippen LogP contribution < -0.4 is 0 Å². The predicted molar refractivity (Wildman–Crippen MR) is 107 cm³/mol. The zero-order chi connectivity index (χ0) is 19.2. The van der Waals surface area contributed by atoms with E-state index in [4.69, 9.17) is 4.74 Å². The molecule has 0 aliphatic carbocycles. The van der Waals surface area contributed by atoms with E-state index in [0.29, 0.717) is 24.1 Å². The fourth-order valence-corrected chi connectivity index (χ4v) is 3.47. The van der Waals surface area contributed by atoms with Gasteiger partial charge in [0.1, 0.15) is 0 Å². The second kappa shape index (κ2) is 8.96. The van der Waals surface area contributed by atoms with Crippen LogP contribution in [0.2, 0.25) is 0 Å². The van der Waals surface area contributed by atoms with Crippen LogP contribution in [0.3, 0.4) is 0 Å². The van der Waals surface area contributed by atoms with Crippen molar-refractivity contribution in [2.24, 2.45) is 0 Å². The molecular weight excluding hydrogens is 338 g/mol. The highest BCUT2D eigenvalue weighted by Crippen LogP contribution is 2.23. The molecule has 2 aromatic rings. The zero-order valence-electron chi connectivity index (χ0n) is 16.1. The van der Waals surface area contributed by atoms with Crippen molar-refractivity contribution < 1.29 is 14.3 Å². The Bertz CT molecular complexity index is 809. The van der Waals surface area contributed by atoms with Crippen molar-refractivity contribution in [3.63, 3.8) is 0 Å². The van der Waals surface area contributed by atoms with Crippen molar-refractivity contribution in [1.82, 2.24) is 4.90 Å². The molecule has 0 bridgehead atoms. The summed E-state index contributed by atoms with van der Waals surface area (Å²) < 4.78 is 5.75. The van der Waals surface area contributed by atoms with Crippen LogP contribution in [-0.2, 0) is 4.74 Å². The normalized spacial score (nSPS) is 16.7. The van der Waals surface area contributed by atoms with E-state index in [1.54, 1.807) is 4.90 Å². The van der Waals surface area contributed by atoms with Crippen LogP contribution in [0.4, 0.5) is 0 Å². The Morgan fingerprint density at radius 1 is 1.04 bits per heavy atom. The molecule has 0 aromatic heterocycles. The Hall–Kier alpha value is -2.46. The Kier molecular flexibility index (Phi) is 6.40. The number of ketones is 1. The van der Waals surface area contributed by atoms with Gasteiger partial charge < -0.3 is 9.64 Å². The van der Waals surface area contributed by atoms with Gasteiger partial charge in [-0.05, 0) is 48.6 Å². The van der Waals surface area contributed by atoms with Gasteiger partial charge in [0.15, 0.2) is 5.78 Å². The summed E-state index contributed by atoms with van der Waals surface area (Å²) >= 11 is 0. The average molecular weight is 365 g/mol. The van der Waals surface area contributed by atoms with E-state index in [2.05, 4.69) is 0 Å². The fraction of sp³-hybridized carbons (Fsp3) is 0.391. The van der Waals surface area contributed by atoms with E-state index in [1.807, 2.05) is 62.5 Å². The average Bonchev–Trinajstić information content (AvgIpc) is 2.73. The number of nitrogens with zero attached hydrogens (tertiary/aromatic N) is 1. The monoisotopic (exact) mass is 365 g/mol. The van der Waals surface area contributed by atoms with Crippen LogP contribution in [-0.4, -0.2) is 42.9 Å². The second-order valence-corrected chi connectivity index (χ2v) is 7.11. The number of rotatable bonds is 6. The topological polar surface area (TPSA) is 46.6 Å². The third-order valence-electron chi connectivity index (χ3n) is 5.05. The van der Waals surface area contributed by atoms with Crippen LogP contribution in [0.5, 0.6) is 0 Å². The lowest BCUT2D eigenvalue weighted by Crippen LogP contribution is -2.37. The molecule has 3 rings (SSSR count). The first kappa shape index (κ1) is 19.3. The molecule has 27 heavy (non-hydrogen) atoms. The van der Waals surface area contributed by atoms with Gasteiger partial charge in [0.25, 0.3) is 5.91 Å². The smallest absolute Gasteiger partial charge is 0.253 e. The van der Waals surface area contributed by atoms with Crippen molar-refractivity contribution in [2.45, 2.75) is 38.7 Å². The van der Waals surface area contributed by atoms with Gasteiger partial charge in [-0.15, -0.1) is 0 Å². The van der Waals surface area contributed by atoms with E-state index in [9.17, 15) is 9.59 Å². The second-order valence-electron chi connectivity index (χ2n) is 7.11. The molecule has 4 nitrogen and oxygen atoms in total. The molecule has 1 unspecified atom stereocenters. The van der Waals surface area contributed by atoms with Crippen molar-refractivity contribution in [2.75, 3.05) is 20.2 Å². The van der Waals surface area contributed by atoms with Crippen molar-refractivity contribution in [1.29, 1.82) is 0 Å². The van der Waals surface area contributed by atoms with Gasteiger partial charge in [-0.3, -0.25) is 9.59 Å². The number of hydrogen-bond acceptors (Lipinski definition) is 3. The Labute approximate surface area is 161 Å². The van der Waals surface area contributed by atoms with Gasteiger partial charge in [-0.1, -0.05) is 37.3 Å². The summed E-state index contributed by atoms with van der Waals surface area (Å²) in [5.41, 5.74) is 3.24. The van der Waals surface area contributed by atoms with Crippen LogP contribution in [0, 0.1) is 0 Å². The van der Waals surface area contributed by atoms with Crippen LogP contribution >= 0.6 is 0 Å². The largest absolute Gasteiger partial charge is 0.376 e. The minimum Gasteiger partial charge on any atom is -0.376 e. The first-order chi connectivity index (χ1) is 13.1. The zero-order valence-corrected chi connectivity index (χ0v) is 16.1. The number of carbonyl (C=O) groups excluding carboxylic acids is 2. The number of carbonyl (C=O) groups is 2. The van der Waals surface area contributed by atoms with Crippen molar-refractivity contribution in [3.8, 4) is 11.1 Å². The summed E-state index contributed by atoms with van der Waals surface area (Å²) in [4.78, 5) is 26.6. The Balaban J connectivity index is 1.76. The summed E-state index contributed by atoms with van der Waals surface area (Å²) in [5.74, 6) is 0.114. The summed E-state index contributed by atoms with van der Waals surface area (Å²) in [6.45, 7) is 3.26. The predicted octanol–water partition coefficient (Wildman–Crippen LogP) is 4.59. The van der Waals surface area contributed by atoms with E-state index >= 15 is 0 Å². The first-order valence-corrected chi connectivity index (χ1v) is 9.69. The van der Waals surface area contributed by atoms with E-state index < -0.39 is 0 Å². The molecule has 1 fully saturated rings. The molecule has 142 valence electrons. The molecule has 1 aliphatic heterocycles. The minimum absolute atomic E-state index is 0.00758. The quantitative estimate of drug-likeness (QED) is 0.704. The SMILES string of the molecule is CCC(=O)c1cccc(-c2cccc(C(=O)N(C)CC3CCCCO3)c2)c1. The van der Waals surface area contributed by atoms with E-state index in [0.717, 1.165) is 37.0 Å². The summed E-state index contributed by atoms with van der Waals surface area (Å²) in [5, 5.41) is 0. The van der Waals surface area contributed by atoms with Crippen LogP contribution in [0.1, 0.15) is 53.3 Å². The maximum absolute atomic E-state index is 12.8. The maximum atomic E-state index is 12.8. The molecule has 0 radical (unpaired) electrons. The standard InChI is InChI=1S/C23H27NO3/c1-3-22(25)19-10-6-8-17(14-19)18-9-7-11-20(15-18)23(26)24(2)16-21-12-4-5-13-27-21/h6-11,14-15,21H,3-5,12-13,16H2,1-2H3. The van der Waals surface area contributed by atoms with Gasteiger partial charge in [-0.25, -0.2) is 0 Å². The Morgan fingerprint density at radius 2 is 1.70 bits per heavy atom. The highest BCUT2D eigenvalue weighted by Gasteiger charge is 2.20. The van der Waals surface area contributed by atoms with Crippen molar-refractivity contribution >= 4 is 11.7 Å². The lowest BCUT2D eigenvalue weighted by Gasteiger charge is -2.27. The van der Waals surface area contributed by atoms with Crippen LogP contribution in [0.15, 0.2) is 48.5 Å². The molecule has 2 aromatic carbocycles. The first-order valence-electron chi connectivity index (χ1n) is 9.69. The third kappa shape index (κ3) is 4.83. The number of ether oxygens (including phenoxy) is 1. The maximum Gasteiger partial charge on any atom is 0.253 e. The highest BCUT2D eigenvalue weighted by molar-refractivity contribution is 5.98. The number of hydrogen-bond donors (Lipinski definition) is 0. The highest BCUT2D eigenvalue weighted by atomic mass is 16.5. The van der Waals surface area contributed by atoms with Gasteiger partial charge in [0, 0.05) is 37.7 Å². The number of likely N-dealkylation sites (N-methyl/N-ethyl adjacent to an activating group) is 1. The number of benzene rings is 2. The van der Waals surface area contributed by atoms with Crippen LogP contribution in [0.25, 0.3) is 11.1 Å². The summed E-state index contributed by atoms with van der Waals surface area (Å²) in [6, 6.07) is 15.2. The third-order valence-corrected chi connectivity index (χ3v) is 5.05. The molecule has 1 amide bonds. The number of amides is 1. The lowest BCUT2D eigenvalue weighted by atomic mass is 9.99. The molecule has 4 heteroatoms. The lowest BCUT2D eigenvalue weighted by molar-refractivity contribution is -0.000186. The Morgan fingerprint density at radius 3 is 2.33 bits per heavy atom. The van der Waals surface area contributed by atoms with Gasteiger partial charge >= 0.3 is 0 Å². The molecule has 0 spiro atoms. The summed E-state index contributed by atoms with van der Waals surface area (Å²) in [7, 11) is 1.83. The molecule has 1 atom stereocenters. The molecule has 1 aliphatic rings. The van der Waals surface area contributed by atoms with Gasteiger partial charge in [0.05, 0.1) is 6.10 Å². The fourth-order valence-electron chi connectivity index (χ4n) is 3.47. The van der Waals surface area contributed by atoms with Crippen molar-refractivity contribution in [3.05, 3.63) is 59.7 Å². The molecular formula is C23H27NO3. The van der Waals surface area contributed by atoms with Gasteiger partial charge in [0.2, 0.25) is 0 Å². The molecule has 0 saturated carbocycles. The van der Waals surface area contributed by atoms with E-state index in [-0.39, 0.29) is 17.8 Å². The molecule has 1 heterocycles.